The quantitative estimate of drug-likeness (QED) is 0.831. The largest absolute Gasteiger partial charge is 0.351 e. The van der Waals surface area contributed by atoms with Crippen molar-refractivity contribution >= 4 is 23.3 Å². The average molecular weight is 325 g/mol. The summed E-state index contributed by atoms with van der Waals surface area (Å²) in [6, 6.07) is 13.4. The SMILES string of the molecule is CN(C)[C@@H](CNC(=O)/C=C\c1ccc(C#N)cc1)c1cccs1. The number of nitrogens with one attached hydrogen (secondary N) is 1. The van der Waals surface area contributed by atoms with E-state index >= 15 is 0 Å². The van der Waals surface area contributed by atoms with Crippen LogP contribution in [0, 0.1) is 11.3 Å². The van der Waals surface area contributed by atoms with Gasteiger partial charge in [0.2, 0.25) is 5.91 Å². The van der Waals surface area contributed by atoms with E-state index in [9.17, 15) is 4.79 Å². The summed E-state index contributed by atoms with van der Waals surface area (Å²) >= 11 is 1.69. The number of carbonyl (C=O) groups is 1. The molecule has 0 bridgehead atoms. The van der Waals surface area contributed by atoms with Crippen LogP contribution in [-0.2, 0) is 4.79 Å². The normalized spacial score (nSPS) is 12.3. The van der Waals surface area contributed by atoms with E-state index in [0.29, 0.717) is 12.1 Å². The Bertz CT molecular complexity index is 697. The summed E-state index contributed by atoms with van der Waals surface area (Å²) in [6.07, 6.45) is 3.26. The third-order valence-corrected chi connectivity index (χ3v) is 4.41. The second kappa shape index (κ2) is 8.28. The zero-order valence-corrected chi connectivity index (χ0v) is 14.0. The molecule has 0 aliphatic heterocycles. The monoisotopic (exact) mass is 325 g/mol. The van der Waals surface area contributed by atoms with Crippen LogP contribution in [0.15, 0.2) is 47.9 Å². The lowest BCUT2D eigenvalue weighted by Gasteiger charge is -2.23. The molecule has 1 amide bonds. The van der Waals surface area contributed by atoms with Crippen molar-refractivity contribution in [1.29, 1.82) is 5.26 Å². The lowest BCUT2D eigenvalue weighted by Crippen LogP contribution is -2.33. The molecule has 0 saturated heterocycles. The fourth-order valence-electron chi connectivity index (χ4n) is 2.12. The molecule has 23 heavy (non-hydrogen) atoms. The Morgan fingerprint density at radius 3 is 2.65 bits per heavy atom. The molecule has 1 heterocycles. The molecule has 0 radical (unpaired) electrons. The van der Waals surface area contributed by atoms with E-state index in [-0.39, 0.29) is 11.9 Å². The third-order valence-electron chi connectivity index (χ3n) is 3.43. The predicted molar refractivity (Wildman–Crippen MR) is 93.9 cm³/mol. The molecular formula is C18H19N3OS. The van der Waals surface area contributed by atoms with Crippen LogP contribution in [0.25, 0.3) is 6.08 Å². The summed E-state index contributed by atoms with van der Waals surface area (Å²) in [5.41, 5.74) is 1.50. The van der Waals surface area contributed by atoms with Crippen molar-refractivity contribution in [2.75, 3.05) is 20.6 Å². The highest BCUT2D eigenvalue weighted by atomic mass is 32.1. The molecule has 2 rings (SSSR count). The van der Waals surface area contributed by atoms with Gasteiger partial charge >= 0.3 is 0 Å². The summed E-state index contributed by atoms with van der Waals surface area (Å²) in [5.74, 6) is -0.127. The van der Waals surface area contributed by atoms with Crippen molar-refractivity contribution in [2.45, 2.75) is 6.04 Å². The van der Waals surface area contributed by atoms with E-state index in [1.54, 1.807) is 29.5 Å². The minimum absolute atomic E-state index is 0.127. The number of amides is 1. The topological polar surface area (TPSA) is 56.1 Å². The van der Waals surface area contributed by atoms with Gasteiger partial charge in [-0.2, -0.15) is 5.26 Å². The second-order valence-corrected chi connectivity index (χ2v) is 6.29. The maximum absolute atomic E-state index is 12.0. The summed E-state index contributed by atoms with van der Waals surface area (Å²) in [7, 11) is 4.01. The molecule has 4 nitrogen and oxygen atoms in total. The molecule has 1 aromatic carbocycles. The standard InChI is InChI=1S/C18H19N3OS/c1-21(2)16(17-4-3-11-23-17)13-20-18(22)10-9-14-5-7-15(12-19)8-6-14/h3-11,16H,13H2,1-2H3,(H,20,22)/b10-9-/t16-/m0/s1. The van der Waals surface area contributed by atoms with Gasteiger partial charge in [-0.05, 0) is 49.3 Å². The molecule has 0 fully saturated rings. The van der Waals surface area contributed by atoms with Crippen molar-refractivity contribution in [3.8, 4) is 6.07 Å². The van der Waals surface area contributed by atoms with Crippen LogP contribution in [0.4, 0.5) is 0 Å². The molecule has 5 heteroatoms. The van der Waals surface area contributed by atoms with Crippen LogP contribution in [0.3, 0.4) is 0 Å². The van der Waals surface area contributed by atoms with Gasteiger partial charge < -0.3 is 10.2 Å². The Labute approximate surface area is 140 Å². The Morgan fingerprint density at radius 1 is 1.35 bits per heavy atom. The van der Waals surface area contributed by atoms with E-state index in [2.05, 4.69) is 22.4 Å². The van der Waals surface area contributed by atoms with Crippen molar-refractivity contribution < 1.29 is 4.79 Å². The Morgan fingerprint density at radius 2 is 2.09 bits per heavy atom. The van der Waals surface area contributed by atoms with Crippen molar-refractivity contribution in [2.24, 2.45) is 0 Å². The highest BCUT2D eigenvalue weighted by Gasteiger charge is 2.15. The summed E-state index contributed by atoms with van der Waals surface area (Å²) in [4.78, 5) is 15.3. The van der Waals surface area contributed by atoms with Gasteiger partial charge in [0.05, 0.1) is 17.7 Å². The van der Waals surface area contributed by atoms with Gasteiger partial charge in [0, 0.05) is 17.5 Å². The van der Waals surface area contributed by atoms with Crippen molar-refractivity contribution in [3.63, 3.8) is 0 Å². The molecule has 1 atom stereocenters. The number of thiophene rings is 1. The molecule has 0 spiro atoms. The first-order valence-electron chi connectivity index (χ1n) is 7.26. The summed E-state index contributed by atoms with van der Waals surface area (Å²) < 4.78 is 0. The molecule has 0 unspecified atom stereocenters. The fraction of sp³-hybridized carbons (Fsp3) is 0.222. The van der Waals surface area contributed by atoms with E-state index in [4.69, 9.17) is 5.26 Å². The van der Waals surface area contributed by atoms with E-state index in [1.165, 1.54) is 11.0 Å². The smallest absolute Gasteiger partial charge is 0.244 e. The van der Waals surface area contributed by atoms with Crippen LogP contribution < -0.4 is 5.32 Å². The highest BCUT2D eigenvalue weighted by Crippen LogP contribution is 2.22. The molecule has 1 aromatic heterocycles. The number of carbonyl (C=O) groups excluding carboxylic acids is 1. The molecule has 0 aliphatic carbocycles. The zero-order valence-electron chi connectivity index (χ0n) is 13.2. The van der Waals surface area contributed by atoms with Gasteiger partial charge in [-0.15, -0.1) is 11.3 Å². The number of likely N-dealkylation sites (N-methyl/N-ethyl adjacent to an activating group) is 1. The van der Waals surface area contributed by atoms with Gasteiger partial charge in [0.1, 0.15) is 0 Å². The highest BCUT2D eigenvalue weighted by molar-refractivity contribution is 7.10. The van der Waals surface area contributed by atoms with Crippen LogP contribution in [0.2, 0.25) is 0 Å². The first kappa shape index (κ1) is 16.9. The molecular weight excluding hydrogens is 306 g/mol. The number of benzene rings is 1. The van der Waals surface area contributed by atoms with Gasteiger partial charge in [-0.3, -0.25) is 4.79 Å². The van der Waals surface area contributed by atoms with E-state index < -0.39 is 0 Å². The molecule has 0 saturated carbocycles. The van der Waals surface area contributed by atoms with Gasteiger partial charge in [-0.25, -0.2) is 0 Å². The van der Waals surface area contributed by atoms with Gasteiger partial charge in [0.25, 0.3) is 0 Å². The maximum atomic E-state index is 12.0. The minimum atomic E-state index is -0.127. The van der Waals surface area contributed by atoms with Crippen molar-refractivity contribution in [3.05, 3.63) is 63.9 Å². The number of nitriles is 1. The number of hydrogen-bond acceptors (Lipinski definition) is 4. The summed E-state index contributed by atoms with van der Waals surface area (Å²) in [6.45, 7) is 0.560. The Hall–Kier alpha value is -2.42. The van der Waals surface area contributed by atoms with Crippen LogP contribution >= 0.6 is 11.3 Å². The Kier molecular flexibility index (Phi) is 6.10. The lowest BCUT2D eigenvalue weighted by molar-refractivity contribution is -0.116. The van der Waals surface area contributed by atoms with Crippen LogP contribution in [0.5, 0.6) is 0 Å². The number of hydrogen-bond donors (Lipinski definition) is 1. The predicted octanol–water partition coefficient (Wildman–Crippen LogP) is 3.05. The first-order chi connectivity index (χ1) is 11.1. The van der Waals surface area contributed by atoms with E-state index in [0.717, 1.165) is 5.56 Å². The molecule has 118 valence electrons. The third kappa shape index (κ3) is 5.06. The first-order valence-corrected chi connectivity index (χ1v) is 8.14. The number of rotatable bonds is 6. The number of nitrogens with zero attached hydrogens (tertiary/aromatic N) is 2. The fourth-order valence-corrected chi connectivity index (χ4v) is 3.04. The maximum Gasteiger partial charge on any atom is 0.244 e. The van der Waals surface area contributed by atoms with Crippen LogP contribution in [-0.4, -0.2) is 31.4 Å². The van der Waals surface area contributed by atoms with E-state index in [1.807, 2.05) is 37.7 Å². The lowest BCUT2D eigenvalue weighted by atomic mass is 10.1. The van der Waals surface area contributed by atoms with Crippen LogP contribution in [0.1, 0.15) is 22.0 Å². The summed E-state index contributed by atoms with van der Waals surface area (Å²) in [5, 5.41) is 13.7. The average Bonchev–Trinajstić information content (AvgIpc) is 3.07. The van der Waals surface area contributed by atoms with Gasteiger partial charge in [0.15, 0.2) is 0 Å². The molecule has 1 N–H and O–H groups in total. The van der Waals surface area contributed by atoms with Crippen molar-refractivity contribution in [1.82, 2.24) is 10.2 Å². The zero-order chi connectivity index (χ0) is 16.7. The van der Waals surface area contributed by atoms with Gasteiger partial charge in [-0.1, -0.05) is 18.2 Å². The second-order valence-electron chi connectivity index (χ2n) is 5.31. The molecule has 0 aliphatic rings. The minimum Gasteiger partial charge on any atom is -0.351 e. The molecule has 2 aromatic rings. The Balaban J connectivity index is 1.91.